The van der Waals surface area contributed by atoms with Gasteiger partial charge in [-0.2, -0.15) is 0 Å². The average Bonchev–Trinajstić information content (AvgIpc) is 2.81. The maximum Gasteiger partial charge on any atom is 0.277 e. The van der Waals surface area contributed by atoms with Crippen LogP contribution >= 0.6 is 11.6 Å². The number of hydrogen-bond acceptors (Lipinski definition) is 5. The van der Waals surface area contributed by atoms with Crippen LogP contribution in [0.5, 0.6) is 5.75 Å². The Balaban J connectivity index is 1.70. The highest BCUT2D eigenvalue weighted by Gasteiger charge is 2.20. The third-order valence-electron chi connectivity index (χ3n) is 5.49. The number of ether oxygens (including phenoxy) is 1. The molecule has 0 aliphatic heterocycles. The second-order valence-electron chi connectivity index (χ2n) is 9.39. The molecule has 0 N–H and O–H groups in total. The predicted octanol–water partition coefficient (Wildman–Crippen LogP) is 5.98. The first-order valence-corrected chi connectivity index (χ1v) is 11.5. The largest absolute Gasteiger partial charge is 0.487 e. The molecule has 8 heteroatoms. The molecule has 0 radical (unpaired) electrons. The molecule has 3 heterocycles. The molecule has 35 heavy (non-hydrogen) atoms. The number of benzene rings is 1. The summed E-state index contributed by atoms with van der Waals surface area (Å²) in [6.07, 6.45) is 3.43. The molecular formula is C27H26ClFN4O2. The van der Waals surface area contributed by atoms with Crippen molar-refractivity contribution in [2.45, 2.75) is 46.6 Å². The number of nitrogens with zero attached hydrogens (tertiary/aromatic N) is 4. The molecule has 0 aliphatic rings. The van der Waals surface area contributed by atoms with Gasteiger partial charge in [-0.15, -0.1) is 0 Å². The van der Waals surface area contributed by atoms with Crippen LogP contribution in [0.4, 0.5) is 4.39 Å². The lowest BCUT2D eigenvalue weighted by Gasteiger charge is -2.18. The quantitative estimate of drug-likeness (QED) is 0.343. The van der Waals surface area contributed by atoms with Crippen molar-refractivity contribution in [3.63, 3.8) is 0 Å². The van der Waals surface area contributed by atoms with E-state index in [9.17, 15) is 9.18 Å². The number of pyridine rings is 2. The number of aryl methyl sites for hydroxylation is 2. The maximum atomic E-state index is 13.2. The molecule has 4 rings (SSSR count). The highest BCUT2D eigenvalue weighted by molar-refractivity contribution is 6.31. The molecule has 0 saturated heterocycles. The van der Waals surface area contributed by atoms with Crippen molar-refractivity contribution in [1.82, 2.24) is 19.5 Å². The molecule has 4 aromatic rings. The van der Waals surface area contributed by atoms with E-state index in [0.29, 0.717) is 28.6 Å². The molecule has 0 aliphatic carbocycles. The minimum Gasteiger partial charge on any atom is -0.487 e. The van der Waals surface area contributed by atoms with Crippen LogP contribution in [0, 0.1) is 19.7 Å². The summed E-state index contributed by atoms with van der Waals surface area (Å²) in [5, 5.41) is -0.0377. The van der Waals surface area contributed by atoms with Gasteiger partial charge in [-0.1, -0.05) is 44.5 Å². The van der Waals surface area contributed by atoms with Gasteiger partial charge in [-0.05, 0) is 49.2 Å². The standard InChI is InChI=1S/C27H26ClFN4O2/c1-16-14-31-26(27(3,4)5)32-24(16)21-13-20(10-11-30-21)33-17(2)12-22(23(28)25(33)34)35-15-18-6-8-19(29)9-7-18/h6-14H,15H2,1-5H3. The second kappa shape index (κ2) is 9.58. The fourth-order valence-electron chi connectivity index (χ4n) is 3.60. The lowest BCUT2D eigenvalue weighted by atomic mass is 9.95. The van der Waals surface area contributed by atoms with Gasteiger partial charge in [0.25, 0.3) is 5.56 Å². The summed E-state index contributed by atoms with van der Waals surface area (Å²) in [6.45, 7) is 10.0. The monoisotopic (exact) mass is 492 g/mol. The van der Waals surface area contributed by atoms with E-state index >= 15 is 0 Å². The Morgan fingerprint density at radius 2 is 1.77 bits per heavy atom. The molecule has 3 aromatic heterocycles. The van der Waals surface area contributed by atoms with Crippen molar-refractivity contribution in [3.8, 4) is 22.8 Å². The first-order valence-electron chi connectivity index (χ1n) is 11.1. The van der Waals surface area contributed by atoms with Gasteiger partial charge in [0, 0.05) is 29.6 Å². The van der Waals surface area contributed by atoms with E-state index in [-0.39, 0.29) is 28.6 Å². The van der Waals surface area contributed by atoms with Crippen LogP contribution in [-0.4, -0.2) is 19.5 Å². The Kier molecular flexibility index (Phi) is 6.72. The van der Waals surface area contributed by atoms with Gasteiger partial charge in [0.05, 0.1) is 17.1 Å². The molecule has 1 aromatic carbocycles. The van der Waals surface area contributed by atoms with Crippen molar-refractivity contribution in [2.75, 3.05) is 0 Å². The third-order valence-corrected chi connectivity index (χ3v) is 5.84. The van der Waals surface area contributed by atoms with Crippen LogP contribution in [-0.2, 0) is 12.0 Å². The minimum atomic E-state index is -0.410. The Hall–Kier alpha value is -3.58. The summed E-state index contributed by atoms with van der Waals surface area (Å²) >= 11 is 6.41. The van der Waals surface area contributed by atoms with Gasteiger partial charge < -0.3 is 4.74 Å². The number of hydrogen-bond donors (Lipinski definition) is 0. The van der Waals surface area contributed by atoms with Crippen LogP contribution in [0.3, 0.4) is 0 Å². The van der Waals surface area contributed by atoms with Gasteiger partial charge >= 0.3 is 0 Å². The van der Waals surface area contributed by atoms with Crippen molar-refractivity contribution in [1.29, 1.82) is 0 Å². The second-order valence-corrected chi connectivity index (χ2v) is 9.77. The van der Waals surface area contributed by atoms with Crippen LogP contribution in [0.2, 0.25) is 5.02 Å². The van der Waals surface area contributed by atoms with Crippen molar-refractivity contribution >= 4 is 11.6 Å². The molecule has 0 bridgehead atoms. The Labute approximate surface area is 208 Å². The zero-order valence-electron chi connectivity index (χ0n) is 20.3. The lowest BCUT2D eigenvalue weighted by Crippen LogP contribution is -2.22. The Morgan fingerprint density at radius 3 is 2.46 bits per heavy atom. The van der Waals surface area contributed by atoms with Crippen LogP contribution in [0.1, 0.15) is 43.4 Å². The van der Waals surface area contributed by atoms with Gasteiger partial charge in [0.1, 0.15) is 29.0 Å². The van der Waals surface area contributed by atoms with E-state index in [1.54, 1.807) is 43.6 Å². The Bertz CT molecular complexity index is 1440. The molecule has 0 saturated carbocycles. The average molecular weight is 493 g/mol. The van der Waals surface area contributed by atoms with Gasteiger partial charge in [0.15, 0.2) is 0 Å². The molecular weight excluding hydrogens is 467 g/mol. The topological polar surface area (TPSA) is 69.9 Å². The molecule has 0 atom stereocenters. The third kappa shape index (κ3) is 5.25. The number of halogens is 2. The molecule has 0 spiro atoms. The van der Waals surface area contributed by atoms with E-state index < -0.39 is 5.56 Å². The number of rotatable bonds is 5. The summed E-state index contributed by atoms with van der Waals surface area (Å²) in [7, 11) is 0. The van der Waals surface area contributed by atoms with E-state index in [2.05, 4.69) is 30.7 Å². The van der Waals surface area contributed by atoms with Crippen LogP contribution in [0.25, 0.3) is 17.1 Å². The number of aromatic nitrogens is 4. The SMILES string of the molecule is Cc1cnc(C(C)(C)C)nc1-c1cc(-n2c(C)cc(OCc3ccc(F)cc3)c(Cl)c2=O)ccn1. The van der Waals surface area contributed by atoms with E-state index in [4.69, 9.17) is 21.3 Å². The summed E-state index contributed by atoms with van der Waals surface area (Å²) in [5.41, 5.74) is 3.61. The predicted molar refractivity (Wildman–Crippen MR) is 135 cm³/mol. The highest BCUT2D eigenvalue weighted by Crippen LogP contribution is 2.27. The molecule has 0 unspecified atom stereocenters. The maximum absolute atomic E-state index is 13.2. The molecule has 180 valence electrons. The van der Waals surface area contributed by atoms with Gasteiger partial charge in [0.2, 0.25) is 0 Å². The van der Waals surface area contributed by atoms with E-state index in [1.165, 1.54) is 16.7 Å². The van der Waals surface area contributed by atoms with Gasteiger partial charge in [-0.3, -0.25) is 14.3 Å². The summed E-state index contributed by atoms with van der Waals surface area (Å²) in [4.78, 5) is 26.9. The minimum absolute atomic E-state index is 0.0377. The highest BCUT2D eigenvalue weighted by atomic mass is 35.5. The summed E-state index contributed by atoms with van der Waals surface area (Å²) < 4.78 is 20.4. The van der Waals surface area contributed by atoms with Crippen LogP contribution in [0.15, 0.2) is 59.7 Å². The summed E-state index contributed by atoms with van der Waals surface area (Å²) in [6, 6.07) is 11.2. The smallest absolute Gasteiger partial charge is 0.277 e. The first-order chi connectivity index (χ1) is 16.5. The zero-order valence-corrected chi connectivity index (χ0v) is 21.0. The summed E-state index contributed by atoms with van der Waals surface area (Å²) in [5.74, 6) is 0.656. The Morgan fingerprint density at radius 1 is 1.06 bits per heavy atom. The van der Waals surface area contributed by atoms with Crippen molar-refractivity contribution in [3.05, 3.63) is 98.7 Å². The fraction of sp³-hybridized carbons (Fsp3) is 0.259. The molecule has 6 nitrogen and oxygen atoms in total. The first kappa shape index (κ1) is 24.5. The lowest BCUT2D eigenvalue weighted by molar-refractivity contribution is 0.305. The normalized spacial score (nSPS) is 11.5. The van der Waals surface area contributed by atoms with Gasteiger partial charge in [-0.25, -0.2) is 14.4 Å². The van der Waals surface area contributed by atoms with E-state index in [0.717, 1.165) is 11.1 Å². The fourth-order valence-corrected chi connectivity index (χ4v) is 3.79. The van der Waals surface area contributed by atoms with E-state index in [1.807, 2.05) is 13.0 Å². The van der Waals surface area contributed by atoms with Crippen LogP contribution < -0.4 is 10.3 Å². The van der Waals surface area contributed by atoms with Crippen molar-refractivity contribution < 1.29 is 9.13 Å². The molecule has 0 amide bonds. The molecule has 0 fully saturated rings. The van der Waals surface area contributed by atoms with Crippen molar-refractivity contribution in [2.24, 2.45) is 0 Å². The zero-order chi connectivity index (χ0) is 25.3.